The molecule has 0 saturated heterocycles. The number of hydrogen-bond acceptors (Lipinski definition) is 4. The fraction of sp³-hybridized carbons (Fsp3) is 0.562. The molecule has 22 heavy (non-hydrogen) atoms. The third-order valence-electron chi connectivity index (χ3n) is 3.55. The maximum atomic E-state index is 12.2. The van der Waals surface area contributed by atoms with Gasteiger partial charge in [-0.05, 0) is 37.0 Å². The summed E-state index contributed by atoms with van der Waals surface area (Å²) in [5.74, 6) is 1.88. The van der Waals surface area contributed by atoms with Crippen molar-refractivity contribution in [2.24, 2.45) is 11.7 Å². The standard InChI is InChI=1S/C16H24N2O3.ClH/c1-11(2)8-16(3,9-17)18-15(19)7-12-4-5-13-14(6-12)21-10-20-13;/h4-6,11H,7-10,17H2,1-3H3,(H,18,19);1H. The molecule has 3 N–H and O–H groups in total. The maximum absolute atomic E-state index is 12.2. The number of fused-ring (bicyclic) bond motifs is 1. The molecule has 1 aliphatic rings. The van der Waals surface area contributed by atoms with Crippen LogP contribution in [0, 0.1) is 5.92 Å². The van der Waals surface area contributed by atoms with E-state index >= 15 is 0 Å². The van der Waals surface area contributed by atoms with Crippen molar-refractivity contribution >= 4 is 18.3 Å². The van der Waals surface area contributed by atoms with Crippen LogP contribution in [-0.4, -0.2) is 24.8 Å². The van der Waals surface area contributed by atoms with Crippen molar-refractivity contribution in [3.63, 3.8) is 0 Å². The summed E-state index contributed by atoms with van der Waals surface area (Å²) in [6.45, 7) is 6.91. The lowest BCUT2D eigenvalue weighted by Crippen LogP contribution is -2.52. The van der Waals surface area contributed by atoms with Crippen LogP contribution in [0.5, 0.6) is 11.5 Å². The van der Waals surface area contributed by atoms with Crippen LogP contribution in [0.25, 0.3) is 0 Å². The van der Waals surface area contributed by atoms with Crippen LogP contribution in [0.2, 0.25) is 0 Å². The minimum atomic E-state index is -0.360. The topological polar surface area (TPSA) is 73.6 Å². The molecule has 0 radical (unpaired) electrons. The van der Waals surface area contributed by atoms with Gasteiger partial charge in [-0.2, -0.15) is 0 Å². The summed E-state index contributed by atoms with van der Waals surface area (Å²) >= 11 is 0. The third kappa shape index (κ3) is 4.78. The molecule has 0 bridgehead atoms. The Morgan fingerprint density at radius 1 is 1.36 bits per heavy atom. The zero-order valence-electron chi connectivity index (χ0n) is 13.3. The highest BCUT2D eigenvalue weighted by Crippen LogP contribution is 2.32. The van der Waals surface area contributed by atoms with E-state index in [4.69, 9.17) is 15.2 Å². The Morgan fingerprint density at radius 3 is 2.68 bits per heavy atom. The van der Waals surface area contributed by atoms with Gasteiger partial charge in [-0.1, -0.05) is 19.9 Å². The van der Waals surface area contributed by atoms with Gasteiger partial charge in [-0.15, -0.1) is 12.4 Å². The van der Waals surface area contributed by atoms with Crippen LogP contribution in [0.15, 0.2) is 18.2 Å². The molecule has 1 atom stereocenters. The number of halogens is 1. The highest BCUT2D eigenvalue weighted by Gasteiger charge is 2.26. The number of rotatable bonds is 6. The van der Waals surface area contributed by atoms with Crippen molar-refractivity contribution in [3.8, 4) is 11.5 Å². The monoisotopic (exact) mass is 328 g/mol. The van der Waals surface area contributed by atoms with Crippen molar-refractivity contribution < 1.29 is 14.3 Å². The molecule has 5 nitrogen and oxygen atoms in total. The number of amides is 1. The third-order valence-corrected chi connectivity index (χ3v) is 3.55. The summed E-state index contributed by atoms with van der Waals surface area (Å²) < 4.78 is 10.6. The van der Waals surface area contributed by atoms with Gasteiger partial charge in [0.2, 0.25) is 12.7 Å². The first-order valence-electron chi connectivity index (χ1n) is 7.31. The van der Waals surface area contributed by atoms with Crippen molar-refractivity contribution in [1.82, 2.24) is 5.32 Å². The second kappa shape index (κ2) is 7.70. The van der Waals surface area contributed by atoms with Crippen LogP contribution in [0.1, 0.15) is 32.8 Å². The van der Waals surface area contributed by atoms with E-state index in [1.807, 2.05) is 25.1 Å². The molecule has 2 rings (SSSR count). The smallest absolute Gasteiger partial charge is 0.231 e. The fourth-order valence-electron chi connectivity index (χ4n) is 2.70. The lowest BCUT2D eigenvalue weighted by Gasteiger charge is -2.31. The average Bonchev–Trinajstić information content (AvgIpc) is 2.84. The van der Waals surface area contributed by atoms with E-state index in [1.54, 1.807) is 0 Å². The second-order valence-electron chi connectivity index (χ2n) is 6.28. The van der Waals surface area contributed by atoms with Crippen molar-refractivity contribution in [2.75, 3.05) is 13.3 Å². The minimum absolute atomic E-state index is 0. The van der Waals surface area contributed by atoms with Crippen molar-refractivity contribution in [3.05, 3.63) is 23.8 Å². The molecule has 0 spiro atoms. The number of hydrogen-bond donors (Lipinski definition) is 2. The summed E-state index contributed by atoms with van der Waals surface area (Å²) in [5.41, 5.74) is 6.36. The molecule has 1 aliphatic heterocycles. The number of nitrogens with two attached hydrogens (primary N) is 1. The molecule has 1 amide bonds. The van der Waals surface area contributed by atoms with E-state index in [0.717, 1.165) is 17.7 Å². The first-order valence-corrected chi connectivity index (χ1v) is 7.31. The Labute approximate surface area is 138 Å². The molecule has 124 valence electrons. The quantitative estimate of drug-likeness (QED) is 0.840. The van der Waals surface area contributed by atoms with Crippen LogP contribution in [-0.2, 0) is 11.2 Å². The van der Waals surface area contributed by atoms with Gasteiger partial charge in [0.1, 0.15) is 0 Å². The predicted octanol–water partition coefficient (Wildman–Crippen LogP) is 2.26. The molecule has 1 unspecified atom stereocenters. The number of carbonyl (C=O) groups is 1. The highest BCUT2D eigenvalue weighted by molar-refractivity contribution is 5.85. The van der Waals surface area contributed by atoms with Crippen LogP contribution in [0.3, 0.4) is 0 Å². The predicted molar refractivity (Wildman–Crippen MR) is 88.6 cm³/mol. The van der Waals surface area contributed by atoms with E-state index in [9.17, 15) is 4.79 Å². The van der Waals surface area contributed by atoms with Gasteiger partial charge in [0, 0.05) is 12.1 Å². The van der Waals surface area contributed by atoms with Crippen molar-refractivity contribution in [2.45, 2.75) is 39.2 Å². The van der Waals surface area contributed by atoms with Gasteiger partial charge in [-0.25, -0.2) is 0 Å². The molecule has 1 aromatic rings. The normalized spacial score (nSPS) is 15.1. The molecule has 0 aliphatic carbocycles. The summed E-state index contributed by atoms with van der Waals surface area (Å²) in [6.07, 6.45) is 1.17. The number of ether oxygens (including phenoxy) is 2. The molecular weight excluding hydrogens is 304 g/mol. The highest BCUT2D eigenvalue weighted by atomic mass is 35.5. The zero-order valence-corrected chi connectivity index (χ0v) is 14.2. The Balaban J connectivity index is 0.00000242. The van der Waals surface area contributed by atoms with Crippen LogP contribution >= 0.6 is 12.4 Å². The first-order chi connectivity index (χ1) is 9.92. The Bertz CT molecular complexity index is 522. The Morgan fingerprint density at radius 2 is 2.05 bits per heavy atom. The number of carbonyl (C=O) groups excluding carboxylic acids is 1. The Hall–Kier alpha value is -1.46. The minimum Gasteiger partial charge on any atom is -0.454 e. The van der Waals surface area contributed by atoms with Gasteiger partial charge in [0.15, 0.2) is 11.5 Å². The van der Waals surface area contributed by atoms with Crippen LogP contribution in [0.4, 0.5) is 0 Å². The van der Waals surface area contributed by atoms with E-state index in [-0.39, 0.29) is 30.6 Å². The summed E-state index contributed by atoms with van der Waals surface area (Å²) in [6, 6.07) is 5.57. The van der Waals surface area contributed by atoms with E-state index in [2.05, 4.69) is 19.2 Å². The molecule has 0 saturated carbocycles. The molecule has 0 aromatic heterocycles. The van der Waals surface area contributed by atoms with Gasteiger partial charge >= 0.3 is 0 Å². The largest absolute Gasteiger partial charge is 0.454 e. The summed E-state index contributed by atoms with van der Waals surface area (Å²) in [4.78, 5) is 12.2. The average molecular weight is 329 g/mol. The van der Waals surface area contributed by atoms with E-state index < -0.39 is 0 Å². The summed E-state index contributed by atoms with van der Waals surface area (Å²) in [5, 5.41) is 3.05. The lowest BCUT2D eigenvalue weighted by atomic mass is 9.90. The molecular formula is C16H25ClN2O3. The van der Waals surface area contributed by atoms with E-state index in [0.29, 0.717) is 24.6 Å². The molecule has 0 fully saturated rings. The van der Waals surface area contributed by atoms with Gasteiger partial charge in [0.25, 0.3) is 0 Å². The SMILES string of the molecule is CC(C)CC(C)(CN)NC(=O)Cc1ccc2c(c1)OCO2.Cl. The molecule has 1 aromatic carbocycles. The van der Waals surface area contributed by atoms with Crippen LogP contribution < -0.4 is 20.5 Å². The first kappa shape index (κ1) is 18.6. The molecule has 1 heterocycles. The number of nitrogens with one attached hydrogen (secondary N) is 1. The lowest BCUT2D eigenvalue weighted by molar-refractivity contribution is -0.122. The van der Waals surface area contributed by atoms with Gasteiger partial charge in [0.05, 0.1) is 6.42 Å². The number of benzene rings is 1. The summed E-state index contributed by atoms with van der Waals surface area (Å²) in [7, 11) is 0. The molecule has 6 heteroatoms. The fourth-order valence-corrected chi connectivity index (χ4v) is 2.70. The zero-order chi connectivity index (χ0) is 15.5. The Kier molecular flexibility index (Phi) is 6.50. The van der Waals surface area contributed by atoms with Gasteiger partial charge < -0.3 is 20.5 Å². The van der Waals surface area contributed by atoms with Crippen molar-refractivity contribution in [1.29, 1.82) is 0 Å². The second-order valence-corrected chi connectivity index (χ2v) is 6.28. The van der Waals surface area contributed by atoms with Gasteiger partial charge in [-0.3, -0.25) is 4.79 Å². The maximum Gasteiger partial charge on any atom is 0.231 e. The van der Waals surface area contributed by atoms with E-state index in [1.165, 1.54) is 0 Å².